The molecule has 0 saturated carbocycles. The fourth-order valence-corrected chi connectivity index (χ4v) is 5.84. The van der Waals surface area contributed by atoms with Crippen molar-refractivity contribution in [2.75, 3.05) is 41.7 Å². The largest absolute Gasteiger partial charge is 0.400 e. The van der Waals surface area contributed by atoms with Gasteiger partial charge in [-0.3, -0.25) is 14.9 Å². The van der Waals surface area contributed by atoms with Gasteiger partial charge in [0.2, 0.25) is 11.1 Å². The zero-order valence-electron chi connectivity index (χ0n) is 19.4. The van der Waals surface area contributed by atoms with Crippen LogP contribution in [0, 0.1) is 10.1 Å². The molecule has 2 atom stereocenters. The first-order valence-corrected chi connectivity index (χ1v) is 14.1. The summed E-state index contributed by atoms with van der Waals surface area (Å²) in [4.78, 5) is 28.6. The first kappa shape index (κ1) is 28.8. The summed E-state index contributed by atoms with van der Waals surface area (Å²) in [7, 11) is 0. The molecule has 2 aromatic heterocycles. The Morgan fingerprint density at radius 1 is 1.19 bits per heavy atom. The number of rotatable bonds is 14. The van der Waals surface area contributed by atoms with E-state index in [1.54, 1.807) is 41.8 Å². The number of amides is 1. The Balaban J connectivity index is 1.82. The third-order valence-corrected chi connectivity index (χ3v) is 7.63. The average Bonchev–Trinajstić information content (AvgIpc) is 3.38. The van der Waals surface area contributed by atoms with Gasteiger partial charge in [0.05, 0.1) is 10.5 Å². The molecule has 0 spiro atoms. The molecule has 0 radical (unpaired) electrons. The molecule has 3 aromatic rings. The maximum atomic E-state index is 13.4. The second-order valence-electron chi connectivity index (χ2n) is 7.59. The fourth-order valence-electron chi connectivity index (χ4n) is 3.44. The number of aliphatic hydroxyl groups excluding tert-OH is 1. The van der Waals surface area contributed by atoms with Crippen molar-refractivity contribution in [3.63, 3.8) is 0 Å². The van der Waals surface area contributed by atoms with Crippen molar-refractivity contribution in [3.05, 3.63) is 75.3 Å². The third kappa shape index (κ3) is 8.11. The van der Waals surface area contributed by atoms with Crippen LogP contribution in [-0.2, 0) is 22.3 Å². The Morgan fingerprint density at radius 3 is 2.46 bits per heavy atom. The Labute approximate surface area is 230 Å². The number of hydrogen-bond acceptors (Lipinski definition) is 9. The van der Waals surface area contributed by atoms with Gasteiger partial charge in [-0.05, 0) is 53.8 Å². The van der Waals surface area contributed by atoms with Crippen molar-refractivity contribution in [2.24, 2.45) is 0 Å². The van der Waals surface area contributed by atoms with Crippen molar-refractivity contribution in [2.45, 2.75) is 11.7 Å². The quantitative estimate of drug-likeness (QED) is 0.162. The summed E-state index contributed by atoms with van der Waals surface area (Å²) >= 11 is 10.7. The van der Waals surface area contributed by atoms with Crippen LogP contribution in [0.5, 0.6) is 5.75 Å². The highest BCUT2D eigenvalue weighted by Crippen LogP contribution is 2.37. The maximum Gasteiger partial charge on any atom is 0.328 e. The number of pyridine rings is 1. The van der Waals surface area contributed by atoms with Crippen LogP contribution in [0.4, 0.5) is 16.5 Å². The van der Waals surface area contributed by atoms with Gasteiger partial charge in [0.15, 0.2) is 0 Å². The summed E-state index contributed by atoms with van der Waals surface area (Å²) in [5.41, 5.74) is 1.79. The van der Waals surface area contributed by atoms with Gasteiger partial charge < -0.3 is 19.5 Å². The standard InChI is InChI=1S/C23H24Cl2N4O6S2/c24-8-10-28(11-9-25)17-2-4-18(5-3-17)35-37(34)20(19-7-12-36-23(19)29(32)33)13-16-1-6-21(26-14-16)27-22(31)15-30/h1-7,12,14,20,30H,8-11,13,15H2,(H,26,27,31). The van der Waals surface area contributed by atoms with Crippen LogP contribution in [0.3, 0.4) is 0 Å². The summed E-state index contributed by atoms with van der Waals surface area (Å²) in [6, 6.07) is 11.7. The normalized spacial score (nSPS) is 12.5. The van der Waals surface area contributed by atoms with Gasteiger partial charge in [0.25, 0.3) is 5.91 Å². The monoisotopic (exact) mass is 586 g/mol. The molecule has 10 nitrogen and oxygen atoms in total. The second kappa shape index (κ2) is 14.2. The average molecular weight is 588 g/mol. The number of alkyl halides is 2. The van der Waals surface area contributed by atoms with E-state index in [-0.39, 0.29) is 22.8 Å². The highest BCUT2D eigenvalue weighted by molar-refractivity contribution is 7.80. The Hall–Kier alpha value is -2.77. The molecule has 37 heavy (non-hydrogen) atoms. The SMILES string of the molecule is O=C(CO)Nc1ccc(CC(c2ccsc2[N+](=O)[O-])S(=O)Oc2ccc(N(CCCl)CCCl)cc2)cn1. The first-order valence-electron chi connectivity index (χ1n) is 11.0. The van der Waals surface area contributed by atoms with E-state index in [1.165, 1.54) is 12.3 Å². The van der Waals surface area contributed by atoms with Crippen molar-refractivity contribution in [1.82, 2.24) is 4.98 Å². The van der Waals surface area contributed by atoms with Gasteiger partial charge in [-0.1, -0.05) is 17.4 Å². The van der Waals surface area contributed by atoms with E-state index in [2.05, 4.69) is 10.3 Å². The number of hydrogen-bond donors (Lipinski definition) is 2. The third-order valence-electron chi connectivity index (χ3n) is 5.17. The van der Waals surface area contributed by atoms with E-state index in [4.69, 9.17) is 32.5 Å². The smallest absolute Gasteiger partial charge is 0.328 e. The minimum atomic E-state index is -1.99. The molecule has 2 unspecified atom stereocenters. The molecule has 2 N–H and O–H groups in total. The van der Waals surface area contributed by atoms with Gasteiger partial charge >= 0.3 is 5.00 Å². The molecule has 2 heterocycles. The summed E-state index contributed by atoms with van der Waals surface area (Å²) < 4.78 is 19.1. The second-order valence-corrected chi connectivity index (χ2v) is 10.5. The summed E-state index contributed by atoms with van der Waals surface area (Å²) in [6.45, 7) is 0.545. The van der Waals surface area contributed by atoms with Gasteiger partial charge in [0, 0.05) is 36.7 Å². The van der Waals surface area contributed by atoms with Crippen LogP contribution in [0.25, 0.3) is 0 Å². The lowest BCUT2D eigenvalue weighted by Gasteiger charge is -2.23. The lowest BCUT2D eigenvalue weighted by atomic mass is 10.1. The van der Waals surface area contributed by atoms with Crippen LogP contribution < -0.4 is 14.4 Å². The van der Waals surface area contributed by atoms with Crippen LogP contribution in [-0.4, -0.2) is 56.6 Å². The zero-order chi connectivity index (χ0) is 26.8. The maximum absolute atomic E-state index is 13.4. The topological polar surface area (TPSA) is 135 Å². The first-order chi connectivity index (χ1) is 17.9. The molecular formula is C23H24Cl2N4O6S2. The van der Waals surface area contributed by atoms with Gasteiger partial charge in [-0.15, -0.1) is 23.2 Å². The number of aliphatic hydroxyl groups is 1. The number of halogens is 2. The molecule has 3 rings (SSSR count). The number of thiophene rings is 1. The number of nitrogens with one attached hydrogen (secondary N) is 1. The predicted octanol–water partition coefficient (Wildman–Crippen LogP) is 4.29. The molecule has 0 aliphatic rings. The molecule has 0 bridgehead atoms. The fraction of sp³-hybridized carbons (Fsp3) is 0.304. The highest BCUT2D eigenvalue weighted by atomic mass is 35.5. The summed E-state index contributed by atoms with van der Waals surface area (Å²) in [5.74, 6) is 0.826. The molecule has 14 heteroatoms. The minimum absolute atomic E-state index is 0.116. The minimum Gasteiger partial charge on any atom is -0.400 e. The molecular weight excluding hydrogens is 563 g/mol. The van der Waals surface area contributed by atoms with Crippen molar-refractivity contribution < 1.29 is 23.2 Å². The number of nitro groups is 1. The number of anilines is 2. The predicted molar refractivity (Wildman–Crippen MR) is 146 cm³/mol. The van der Waals surface area contributed by atoms with E-state index in [9.17, 15) is 19.1 Å². The number of nitrogens with zero attached hydrogens (tertiary/aromatic N) is 3. The molecule has 0 fully saturated rings. The highest BCUT2D eigenvalue weighted by Gasteiger charge is 2.30. The van der Waals surface area contributed by atoms with Crippen molar-refractivity contribution >= 4 is 68.0 Å². The van der Waals surface area contributed by atoms with Crippen LogP contribution >= 0.6 is 34.5 Å². The summed E-state index contributed by atoms with van der Waals surface area (Å²) in [6.07, 6.45) is 1.59. The molecule has 1 aromatic carbocycles. The number of carbonyl (C=O) groups is 1. The molecule has 0 aliphatic heterocycles. The summed E-state index contributed by atoms with van der Waals surface area (Å²) in [5, 5.41) is 23.5. The van der Waals surface area contributed by atoms with Crippen LogP contribution in [0.2, 0.25) is 0 Å². The van der Waals surface area contributed by atoms with Crippen LogP contribution in [0.15, 0.2) is 54.0 Å². The molecule has 198 valence electrons. The van der Waals surface area contributed by atoms with Crippen molar-refractivity contribution in [3.8, 4) is 5.75 Å². The van der Waals surface area contributed by atoms with E-state index >= 15 is 0 Å². The number of aromatic nitrogens is 1. The van der Waals surface area contributed by atoms with Gasteiger partial charge in [-0.2, -0.15) is 0 Å². The van der Waals surface area contributed by atoms with Gasteiger partial charge in [-0.25, -0.2) is 9.19 Å². The molecule has 1 amide bonds. The van der Waals surface area contributed by atoms with E-state index < -0.39 is 33.8 Å². The Bertz CT molecular complexity index is 1200. The van der Waals surface area contributed by atoms with Crippen LogP contribution in [0.1, 0.15) is 16.4 Å². The van der Waals surface area contributed by atoms with Crippen molar-refractivity contribution in [1.29, 1.82) is 0 Å². The lowest BCUT2D eigenvalue weighted by molar-refractivity contribution is -0.380. The van der Waals surface area contributed by atoms with Gasteiger partial charge in [0.1, 0.15) is 23.4 Å². The zero-order valence-corrected chi connectivity index (χ0v) is 22.6. The van der Waals surface area contributed by atoms with E-state index in [0.717, 1.165) is 17.0 Å². The number of carbonyl (C=O) groups excluding carboxylic acids is 1. The lowest BCUT2D eigenvalue weighted by Crippen LogP contribution is -2.27. The number of benzene rings is 1. The Kier molecular flexibility index (Phi) is 11.1. The Morgan fingerprint density at radius 2 is 1.89 bits per heavy atom. The molecule has 0 saturated heterocycles. The van der Waals surface area contributed by atoms with E-state index in [1.807, 2.05) is 4.90 Å². The van der Waals surface area contributed by atoms with E-state index in [0.29, 0.717) is 36.2 Å². The molecule has 0 aliphatic carbocycles.